The molecule has 0 amide bonds. The molecule has 0 spiro atoms. The molecule has 1 saturated heterocycles. The lowest BCUT2D eigenvalue weighted by Gasteiger charge is -2.19. The summed E-state index contributed by atoms with van der Waals surface area (Å²) in [6.45, 7) is 1.88. The minimum atomic E-state index is -0.268. The van der Waals surface area contributed by atoms with Gasteiger partial charge in [-0.15, -0.1) is 11.3 Å². The highest BCUT2D eigenvalue weighted by Gasteiger charge is 2.26. The van der Waals surface area contributed by atoms with Crippen LogP contribution in [0.5, 0.6) is 0 Å². The van der Waals surface area contributed by atoms with Crippen molar-refractivity contribution < 1.29 is 9.53 Å². The van der Waals surface area contributed by atoms with Gasteiger partial charge in [-0.25, -0.2) is 4.79 Å². The quantitative estimate of drug-likeness (QED) is 0.738. The van der Waals surface area contributed by atoms with Crippen LogP contribution in [0.2, 0.25) is 10.0 Å². The normalized spacial score (nSPS) is 17.8. The van der Waals surface area contributed by atoms with Crippen molar-refractivity contribution in [3.63, 3.8) is 0 Å². The van der Waals surface area contributed by atoms with Crippen molar-refractivity contribution in [3.05, 3.63) is 50.1 Å². The minimum absolute atomic E-state index is 0.268. The van der Waals surface area contributed by atoms with E-state index in [9.17, 15) is 4.79 Å². The summed E-state index contributed by atoms with van der Waals surface area (Å²) >= 11 is 13.5. The molecule has 0 bridgehead atoms. The zero-order valence-corrected chi connectivity index (χ0v) is 14.3. The number of hydrogen-bond donors (Lipinski definition) is 0. The first-order valence-electron chi connectivity index (χ1n) is 6.95. The first-order chi connectivity index (χ1) is 10.6. The molecule has 0 radical (unpaired) electrons. The Hall–Kier alpha value is -1.23. The molecule has 116 valence electrons. The Morgan fingerprint density at radius 3 is 2.86 bits per heavy atom. The van der Waals surface area contributed by atoms with Crippen molar-refractivity contribution >= 4 is 46.2 Å². The Morgan fingerprint density at radius 1 is 1.32 bits per heavy atom. The molecule has 1 aliphatic heterocycles. The highest BCUT2D eigenvalue weighted by Crippen LogP contribution is 2.35. The second kappa shape index (κ2) is 6.49. The fourth-order valence-electron chi connectivity index (χ4n) is 2.72. The minimum Gasteiger partial charge on any atom is -0.465 e. The maximum Gasteiger partial charge on any atom is 0.348 e. The maximum absolute atomic E-state index is 11.5. The number of hydrogen-bond acceptors (Lipinski definition) is 4. The number of anilines is 1. The summed E-state index contributed by atoms with van der Waals surface area (Å²) in [7, 11) is 1.41. The molecule has 1 aliphatic rings. The Labute approximate surface area is 143 Å². The summed E-state index contributed by atoms with van der Waals surface area (Å²) < 4.78 is 4.76. The third-order valence-corrected chi connectivity index (χ3v) is 5.60. The summed E-state index contributed by atoms with van der Waals surface area (Å²) in [4.78, 5) is 14.5. The van der Waals surface area contributed by atoms with Gasteiger partial charge in [0.05, 0.1) is 17.2 Å². The smallest absolute Gasteiger partial charge is 0.348 e. The fraction of sp³-hybridized carbons (Fsp3) is 0.312. The van der Waals surface area contributed by atoms with E-state index < -0.39 is 0 Å². The second-order valence-electron chi connectivity index (χ2n) is 5.27. The molecular formula is C16H15Cl2NO2S. The summed E-state index contributed by atoms with van der Waals surface area (Å²) in [6.07, 6.45) is 1.05. The highest BCUT2D eigenvalue weighted by atomic mass is 35.5. The number of halogens is 2. The number of thiophene rings is 1. The van der Waals surface area contributed by atoms with Crippen molar-refractivity contribution in [1.29, 1.82) is 0 Å². The average Bonchev–Trinajstić information content (AvgIpc) is 3.17. The monoisotopic (exact) mass is 355 g/mol. The maximum atomic E-state index is 11.5. The molecular weight excluding hydrogens is 341 g/mol. The topological polar surface area (TPSA) is 29.5 Å². The SMILES string of the molecule is COC(=O)c1cc(C2CCN(c3ccc(Cl)c(Cl)c3)C2)cs1. The molecule has 1 aromatic heterocycles. The molecule has 2 aromatic rings. The van der Waals surface area contributed by atoms with Crippen molar-refractivity contribution in [2.45, 2.75) is 12.3 Å². The molecule has 3 rings (SSSR count). The van der Waals surface area contributed by atoms with Gasteiger partial charge in [-0.05, 0) is 41.6 Å². The number of nitrogens with zero attached hydrogens (tertiary/aromatic N) is 1. The second-order valence-corrected chi connectivity index (χ2v) is 6.99. The van der Waals surface area contributed by atoms with Crippen molar-refractivity contribution in [3.8, 4) is 0 Å². The fourth-order valence-corrected chi connectivity index (χ4v) is 3.92. The molecule has 1 fully saturated rings. The molecule has 22 heavy (non-hydrogen) atoms. The first-order valence-corrected chi connectivity index (χ1v) is 8.59. The third-order valence-electron chi connectivity index (χ3n) is 3.93. The summed E-state index contributed by atoms with van der Waals surface area (Å²) in [5.41, 5.74) is 2.29. The van der Waals surface area contributed by atoms with Gasteiger partial charge >= 0.3 is 5.97 Å². The predicted octanol–water partition coefficient (Wildman–Crippen LogP) is 4.84. The van der Waals surface area contributed by atoms with Crippen LogP contribution in [0.1, 0.15) is 27.6 Å². The average molecular weight is 356 g/mol. The van der Waals surface area contributed by atoms with Crippen LogP contribution in [0.4, 0.5) is 5.69 Å². The summed E-state index contributed by atoms with van der Waals surface area (Å²) in [5.74, 6) is 0.152. The predicted molar refractivity (Wildman–Crippen MR) is 91.7 cm³/mol. The van der Waals surface area contributed by atoms with Gasteiger partial charge in [0.1, 0.15) is 4.88 Å². The lowest BCUT2D eigenvalue weighted by atomic mass is 10.0. The van der Waals surface area contributed by atoms with Crippen molar-refractivity contribution in [1.82, 2.24) is 0 Å². The Kier molecular flexibility index (Phi) is 4.62. The van der Waals surface area contributed by atoms with Crippen LogP contribution in [-0.4, -0.2) is 26.2 Å². The van der Waals surface area contributed by atoms with E-state index in [1.54, 1.807) is 0 Å². The van der Waals surface area contributed by atoms with Gasteiger partial charge in [0.25, 0.3) is 0 Å². The molecule has 6 heteroatoms. The standard InChI is InChI=1S/C16H15Cl2NO2S/c1-21-16(20)15-6-11(9-22-15)10-4-5-19(8-10)12-2-3-13(17)14(18)7-12/h2-3,6-7,9-10H,4-5,8H2,1H3. The molecule has 1 unspecified atom stereocenters. The number of ether oxygens (including phenoxy) is 1. The number of rotatable bonds is 3. The van der Waals surface area contributed by atoms with E-state index in [0.717, 1.165) is 25.2 Å². The Bertz CT molecular complexity index is 701. The van der Waals surface area contributed by atoms with Crippen LogP contribution in [0.3, 0.4) is 0 Å². The molecule has 2 heterocycles. The first kappa shape index (κ1) is 15.7. The van der Waals surface area contributed by atoms with Gasteiger partial charge in [-0.3, -0.25) is 0 Å². The van der Waals surface area contributed by atoms with Crippen molar-refractivity contribution in [2.75, 3.05) is 25.1 Å². The number of carbonyl (C=O) groups excluding carboxylic acids is 1. The van der Waals surface area contributed by atoms with Gasteiger partial charge in [0.15, 0.2) is 0 Å². The lowest BCUT2D eigenvalue weighted by Crippen LogP contribution is -2.18. The van der Waals surface area contributed by atoms with Gasteiger partial charge in [-0.1, -0.05) is 23.2 Å². The lowest BCUT2D eigenvalue weighted by molar-refractivity contribution is 0.0606. The molecule has 0 aliphatic carbocycles. The van der Waals surface area contributed by atoms with Gasteiger partial charge in [-0.2, -0.15) is 0 Å². The van der Waals surface area contributed by atoms with E-state index in [-0.39, 0.29) is 5.97 Å². The van der Waals surface area contributed by atoms with Gasteiger partial charge in [0.2, 0.25) is 0 Å². The summed E-state index contributed by atoms with van der Waals surface area (Å²) in [5, 5.41) is 3.20. The number of esters is 1. The third kappa shape index (κ3) is 3.09. The van der Waals surface area contributed by atoms with E-state index >= 15 is 0 Å². The molecule has 0 saturated carbocycles. The summed E-state index contributed by atoms with van der Waals surface area (Å²) in [6, 6.07) is 7.66. The molecule has 3 nitrogen and oxygen atoms in total. The number of carbonyl (C=O) groups is 1. The highest BCUT2D eigenvalue weighted by molar-refractivity contribution is 7.12. The number of methoxy groups -OCH3 is 1. The van der Waals surface area contributed by atoms with E-state index in [1.807, 2.05) is 24.3 Å². The number of benzene rings is 1. The largest absolute Gasteiger partial charge is 0.465 e. The molecule has 0 N–H and O–H groups in total. The van der Waals surface area contributed by atoms with Crippen LogP contribution in [0.25, 0.3) is 0 Å². The van der Waals surface area contributed by atoms with Crippen molar-refractivity contribution in [2.24, 2.45) is 0 Å². The van der Waals surface area contributed by atoms with Gasteiger partial charge in [0, 0.05) is 24.7 Å². The zero-order chi connectivity index (χ0) is 15.7. The van der Waals surface area contributed by atoms with E-state index in [4.69, 9.17) is 27.9 Å². The Balaban J connectivity index is 1.73. The van der Waals surface area contributed by atoms with E-state index in [2.05, 4.69) is 10.3 Å². The van der Waals surface area contributed by atoms with Crippen LogP contribution >= 0.6 is 34.5 Å². The van der Waals surface area contributed by atoms with E-state index in [0.29, 0.717) is 20.8 Å². The van der Waals surface area contributed by atoms with Crippen LogP contribution < -0.4 is 4.90 Å². The Morgan fingerprint density at radius 2 is 2.14 bits per heavy atom. The van der Waals surface area contributed by atoms with Crippen LogP contribution in [0.15, 0.2) is 29.6 Å². The molecule has 1 atom stereocenters. The zero-order valence-electron chi connectivity index (χ0n) is 12.0. The van der Waals surface area contributed by atoms with E-state index in [1.165, 1.54) is 24.0 Å². The van der Waals surface area contributed by atoms with Crippen LogP contribution in [-0.2, 0) is 4.74 Å². The molecule has 1 aromatic carbocycles. The van der Waals surface area contributed by atoms with Gasteiger partial charge < -0.3 is 9.64 Å². The van der Waals surface area contributed by atoms with Crippen LogP contribution in [0, 0.1) is 0 Å².